The molecule has 5 nitrogen and oxygen atoms in total. The van der Waals surface area contributed by atoms with Gasteiger partial charge >= 0.3 is 0 Å². The molecule has 1 fully saturated rings. The summed E-state index contributed by atoms with van der Waals surface area (Å²) in [5, 5.41) is 2.76. The fraction of sp³-hybridized carbons (Fsp3) is 0.600. The van der Waals surface area contributed by atoms with Crippen LogP contribution in [-0.2, 0) is 4.79 Å². The number of carbonyl (C=O) groups excluding carboxylic acids is 2. The highest BCUT2D eigenvalue weighted by atomic mass is 16.3. The number of hydrogen-bond acceptors (Lipinski definition) is 3. The molecule has 1 N–H and O–H groups in total. The SMILES string of the molecule is Cc1occc1C(=O)NCCC(=O)N1CCC(C)CC1. The second kappa shape index (κ2) is 6.59. The molecule has 5 heteroatoms. The van der Waals surface area contributed by atoms with E-state index in [0.29, 0.717) is 30.2 Å². The Balaban J connectivity index is 1.72. The maximum atomic E-state index is 12.0. The second-order valence-corrected chi connectivity index (χ2v) is 5.46. The highest BCUT2D eigenvalue weighted by Crippen LogP contribution is 2.16. The van der Waals surface area contributed by atoms with Crippen molar-refractivity contribution in [3.05, 3.63) is 23.7 Å². The van der Waals surface area contributed by atoms with Crippen molar-refractivity contribution in [1.29, 1.82) is 0 Å². The molecule has 1 aliphatic heterocycles. The van der Waals surface area contributed by atoms with Gasteiger partial charge in [-0.05, 0) is 31.7 Å². The highest BCUT2D eigenvalue weighted by molar-refractivity contribution is 5.95. The van der Waals surface area contributed by atoms with Crippen molar-refractivity contribution >= 4 is 11.8 Å². The van der Waals surface area contributed by atoms with Gasteiger partial charge in [-0.25, -0.2) is 0 Å². The van der Waals surface area contributed by atoms with Gasteiger partial charge in [0.15, 0.2) is 0 Å². The van der Waals surface area contributed by atoms with Crippen LogP contribution in [0.4, 0.5) is 0 Å². The van der Waals surface area contributed by atoms with Gasteiger partial charge in [0.25, 0.3) is 5.91 Å². The topological polar surface area (TPSA) is 62.6 Å². The summed E-state index contributed by atoms with van der Waals surface area (Å²) in [6, 6.07) is 1.64. The van der Waals surface area contributed by atoms with Crippen LogP contribution in [0.5, 0.6) is 0 Å². The molecule has 2 amide bonds. The summed E-state index contributed by atoms with van der Waals surface area (Å²) in [6.45, 7) is 6.02. The van der Waals surface area contributed by atoms with Gasteiger partial charge in [-0.2, -0.15) is 0 Å². The Morgan fingerprint density at radius 2 is 2.10 bits per heavy atom. The lowest BCUT2D eigenvalue weighted by Gasteiger charge is -2.30. The van der Waals surface area contributed by atoms with E-state index in [0.717, 1.165) is 25.9 Å². The summed E-state index contributed by atoms with van der Waals surface area (Å²) in [6.07, 6.45) is 4.00. The maximum absolute atomic E-state index is 12.0. The lowest BCUT2D eigenvalue weighted by Crippen LogP contribution is -2.39. The number of amides is 2. The molecule has 0 unspecified atom stereocenters. The first-order chi connectivity index (χ1) is 9.58. The molecule has 0 radical (unpaired) electrons. The third kappa shape index (κ3) is 3.62. The van der Waals surface area contributed by atoms with Crippen molar-refractivity contribution in [2.24, 2.45) is 5.92 Å². The van der Waals surface area contributed by atoms with E-state index in [-0.39, 0.29) is 11.8 Å². The van der Waals surface area contributed by atoms with Gasteiger partial charge in [0.1, 0.15) is 5.76 Å². The van der Waals surface area contributed by atoms with Crippen LogP contribution in [0.1, 0.15) is 42.3 Å². The van der Waals surface area contributed by atoms with Crippen molar-refractivity contribution in [3.8, 4) is 0 Å². The van der Waals surface area contributed by atoms with Crippen molar-refractivity contribution in [2.45, 2.75) is 33.1 Å². The summed E-state index contributed by atoms with van der Waals surface area (Å²) in [4.78, 5) is 25.7. The summed E-state index contributed by atoms with van der Waals surface area (Å²) < 4.78 is 5.08. The van der Waals surface area contributed by atoms with Gasteiger partial charge in [0.2, 0.25) is 5.91 Å². The number of aryl methyl sites for hydroxylation is 1. The Morgan fingerprint density at radius 3 is 2.70 bits per heavy atom. The van der Waals surface area contributed by atoms with Crippen molar-refractivity contribution in [1.82, 2.24) is 10.2 Å². The van der Waals surface area contributed by atoms with E-state index in [1.807, 2.05) is 4.90 Å². The van der Waals surface area contributed by atoms with Gasteiger partial charge in [-0.15, -0.1) is 0 Å². The second-order valence-electron chi connectivity index (χ2n) is 5.46. The van der Waals surface area contributed by atoms with E-state index in [2.05, 4.69) is 12.2 Å². The molecule has 1 aromatic rings. The van der Waals surface area contributed by atoms with Gasteiger partial charge in [0.05, 0.1) is 11.8 Å². The minimum absolute atomic E-state index is 0.126. The molecule has 1 aliphatic rings. The number of carbonyl (C=O) groups is 2. The normalized spacial score (nSPS) is 16.2. The number of nitrogens with one attached hydrogen (secondary N) is 1. The summed E-state index contributed by atoms with van der Waals surface area (Å²) >= 11 is 0. The molecule has 2 heterocycles. The number of rotatable bonds is 4. The van der Waals surface area contributed by atoms with Crippen LogP contribution in [0.15, 0.2) is 16.7 Å². The standard InChI is InChI=1S/C15H22N2O3/c1-11-4-8-17(9-5-11)14(18)3-7-16-15(19)13-6-10-20-12(13)2/h6,10-11H,3-5,7-9H2,1-2H3,(H,16,19). The van der Waals surface area contributed by atoms with Gasteiger partial charge < -0.3 is 14.6 Å². The maximum Gasteiger partial charge on any atom is 0.254 e. The van der Waals surface area contributed by atoms with Gasteiger partial charge in [0, 0.05) is 26.1 Å². The lowest BCUT2D eigenvalue weighted by atomic mass is 9.99. The number of furan rings is 1. The minimum Gasteiger partial charge on any atom is -0.469 e. The summed E-state index contributed by atoms with van der Waals surface area (Å²) in [5.41, 5.74) is 0.532. The highest BCUT2D eigenvalue weighted by Gasteiger charge is 2.20. The molecule has 1 aromatic heterocycles. The third-order valence-corrected chi connectivity index (χ3v) is 3.86. The smallest absolute Gasteiger partial charge is 0.254 e. The van der Waals surface area contributed by atoms with Crippen molar-refractivity contribution < 1.29 is 14.0 Å². The fourth-order valence-electron chi connectivity index (χ4n) is 2.41. The molecule has 0 aliphatic carbocycles. The third-order valence-electron chi connectivity index (χ3n) is 3.86. The molecule has 20 heavy (non-hydrogen) atoms. The summed E-state index contributed by atoms with van der Waals surface area (Å²) in [5.74, 6) is 1.25. The summed E-state index contributed by atoms with van der Waals surface area (Å²) in [7, 11) is 0. The lowest BCUT2D eigenvalue weighted by molar-refractivity contribution is -0.132. The van der Waals surface area contributed by atoms with Crippen LogP contribution in [0, 0.1) is 12.8 Å². The van der Waals surface area contributed by atoms with Gasteiger partial charge in [-0.1, -0.05) is 6.92 Å². The first kappa shape index (κ1) is 14.6. The molecule has 110 valence electrons. The predicted molar refractivity (Wildman–Crippen MR) is 75.4 cm³/mol. The zero-order chi connectivity index (χ0) is 14.5. The zero-order valence-corrected chi connectivity index (χ0v) is 12.1. The van der Waals surface area contributed by atoms with Gasteiger partial charge in [-0.3, -0.25) is 9.59 Å². The van der Waals surface area contributed by atoms with E-state index in [4.69, 9.17) is 4.42 Å². The number of piperidine rings is 1. The first-order valence-electron chi connectivity index (χ1n) is 7.18. The van der Waals surface area contributed by atoms with E-state index >= 15 is 0 Å². The molecule has 1 saturated heterocycles. The van der Waals surface area contributed by atoms with E-state index in [1.54, 1.807) is 13.0 Å². The van der Waals surface area contributed by atoms with Crippen LogP contribution >= 0.6 is 0 Å². The predicted octanol–water partition coefficient (Wildman–Crippen LogP) is 1.97. The fourth-order valence-corrected chi connectivity index (χ4v) is 2.41. The van der Waals surface area contributed by atoms with E-state index in [9.17, 15) is 9.59 Å². The molecule has 0 saturated carbocycles. The zero-order valence-electron chi connectivity index (χ0n) is 12.1. The van der Waals surface area contributed by atoms with Crippen LogP contribution in [-0.4, -0.2) is 36.3 Å². The van der Waals surface area contributed by atoms with Crippen LogP contribution < -0.4 is 5.32 Å². The van der Waals surface area contributed by atoms with E-state index < -0.39 is 0 Å². The first-order valence-corrected chi connectivity index (χ1v) is 7.18. The monoisotopic (exact) mass is 278 g/mol. The Bertz CT molecular complexity index is 473. The average Bonchev–Trinajstić information content (AvgIpc) is 2.85. The van der Waals surface area contributed by atoms with E-state index in [1.165, 1.54) is 6.26 Å². The largest absolute Gasteiger partial charge is 0.469 e. The Kier molecular flexibility index (Phi) is 4.82. The molecule has 0 spiro atoms. The number of likely N-dealkylation sites (tertiary alicyclic amines) is 1. The number of hydrogen-bond donors (Lipinski definition) is 1. The molecule has 0 bridgehead atoms. The Labute approximate surface area is 119 Å². The van der Waals surface area contributed by atoms with Crippen LogP contribution in [0.3, 0.4) is 0 Å². The number of nitrogens with zero attached hydrogens (tertiary/aromatic N) is 1. The minimum atomic E-state index is -0.184. The van der Waals surface area contributed by atoms with Crippen LogP contribution in [0.25, 0.3) is 0 Å². The van der Waals surface area contributed by atoms with Crippen LogP contribution in [0.2, 0.25) is 0 Å². The van der Waals surface area contributed by atoms with Crippen molar-refractivity contribution in [3.63, 3.8) is 0 Å². The molecule has 0 atom stereocenters. The molecular formula is C15H22N2O3. The molecular weight excluding hydrogens is 256 g/mol. The molecule has 0 aromatic carbocycles. The molecule has 2 rings (SSSR count). The Hall–Kier alpha value is -1.78. The average molecular weight is 278 g/mol. The quantitative estimate of drug-likeness (QED) is 0.916. The van der Waals surface area contributed by atoms with Crippen molar-refractivity contribution in [2.75, 3.05) is 19.6 Å². The Morgan fingerprint density at radius 1 is 1.40 bits per heavy atom.